The molecule has 1 N–H and O–H groups in total. The molecule has 1 aromatic carbocycles. The molecule has 170 valence electrons. The molecule has 0 bridgehead atoms. The van der Waals surface area contributed by atoms with E-state index in [0.29, 0.717) is 36.8 Å². The van der Waals surface area contributed by atoms with Gasteiger partial charge in [-0.25, -0.2) is 0 Å². The first-order valence-corrected chi connectivity index (χ1v) is 11.2. The average molecular weight is 432 g/mol. The van der Waals surface area contributed by atoms with E-state index in [1.165, 1.54) is 13.3 Å². The van der Waals surface area contributed by atoms with Crippen LogP contribution in [0.5, 0.6) is 11.5 Å². The Morgan fingerprint density at radius 2 is 1.68 bits per heavy atom. The first-order chi connectivity index (χ1) is 15.0. The molecule has 0 aromatic heterocycles. The van der Waals surface area contributed by atoms with Crippen LogP contribution in [0.25, 0.3) is 0 Å². The van der Waals surface area contributed by atoms with Crippen LogP contribution < -0.4 is 14.8 Å². The van der Waals surface area contributed by atoms with Crippen molar-refractivity contribution in [3.05, 3.63) is 23.8 Å². The molecule has 0 saturated carbocycles. The summed E-state index contributed by atoms with van der Waals surface area (Å²) in [4.78, 5) is 40.2. The number of carbonyl (C=O) groups is 3. The molecule has 31 heavy (non-hydrogen) atoms. The third-order valence-electron chi connectivity index (χ3n) is 5.74. The SMILES string of the molecule is CCOc1cc(C(=O)N2CCC(NC(C)=O)CC2)ccc1OCC(=O)N1CCCCC1. The fourth-order valence-corrected chi connectivity index (χ4v) is 4.10. The lowest BCUT2D eigenvalue weighted by molar-refractivity contribution is -0.134. The number of rotatable bonds is 7. The molecule has 2 heterocycles. The number of likely N-dealkylation sites (tertiary alicyclic amines) is 2. The van der Waals surface area contributed by atoms with E-state index < -0.39 is 0 Å². The average Bonchev–Trinajstić information content (AvgIpc) is 2.78. The zero-order valence-corrected chi connectivity index (χ0v) is 18.5. The highest BCUT2D eigenvalue weighted by Gasteiger charge is 2.25. The summed E-state index contributed by atoms with van der Waals surface area (Å²) >= 11 is 0. The Labute approximate surface area is 183 Å². The van der Waals surface area contributed by atoms with Gasteiger partial charge in [-0.1, -0.05) is 0 Å². The van der Waals surface area contributed by atoms with Gasteiger partial charge in [0.05, 0.1) is 6.61 Å². The maximum absolute atomic E-state index is 13.0. The van der Waals surface area contributed by atoms with Crippen molar-refractivity contribution in [3.63, 3.8) is 0 Å². The van der Waals surface area contributed by atoms with E-state index >= 15 is 0 Å². The van der Waals surface area contributed by atoms with Gasteiger partial charge in [0, 0.05) is 44.7 Å². The molecule has 8 nitrogen and oxygen atoms in total. The van der Waals surface area contributed by atoms with Gasteiger partial charge in [0.1, 0.15) is 0 Å². The second-order valence-electron chi connectivity index (χ2n) is 8.09. The van der Waals surface area contributed by atoms with Crippen molar-refractivity contribution in [2.75, 3.05) is 39.4 Å². The Morgan fingerprint density at radius 1 is 0.968 bits per heavy atom. The topological polar surface area (TPSA) is 88.2 Å². The highest BCUT2D eigenvalue weighted by Crippen LogP contribution is 2.29. The molecule has 1 aromatic rings. The summed E-state index contributed by atoms with van der Waals surface area (Å²) in [6, 6.07) is 5.22. The monoisotopic (exact) mass is 431 g/mol. The summed E-state index contributed by atoms with van der Waals surface area (Å²) in [5.74, 6) is 0.795. The molecule has 2 aliphatic heterocycles. The highest BCUT2D eigenvalue weighted by molar-refractivity contribution is 5.95. The Balaban J connectivity index is 1.60. The Bertz CT molecular complexity index is 783. The van der Waals surface area contributed by atoms with E-state index in [0.717, 1.165) is 38.8 Å². The van der Waals surface area contributed by atoms with E-state index in [4.69, 9.17) is 9.47 Å². The molecule has 0 radical (unpaired) electrons. The Morgan fingerprint density at radius 3 is 2.32 bits per heavy atom. The second-order valence-corrected chi connectivity index (χ2v) is 8.09. The van der Waals surface area contributed by atoms with Crippen molar-refractivity contribution in [1.82, 2.24) is 15.1 Å². The summed E-state index contributed by atoms with van der Waals surface area (Å²) in [7, 11) is 0. The molecular formula is C23H33N3O5. The lowest BCUT2D eigenvalue weighted by Crippen LogP contribution is -2.46. The van der Waals surface area contributed by atoms with Crippen LogP contribution in [-0.4, -0.2) is 73.0 Å². The van der Waals surface area contributed by atoms with Crippen LogP contribution in [0.1, 0.15) is 56.3 Å². The lowest BCUT2D eigenvalue weighted by atomic mass is 10.0. The standard InChI is InChI=1S/C23H33N3O5/c1-3-30-21-15-18(23(29)26-13-9-19(10-14-26)24-17(2)27)7-8-20(21)31-16-22(28)25-11-5-4-6-12-25/h7-8,15,19H,3-6,9-14,16H2,1-2H3,(H,24,27). The van der Waals surface area contributed by atoms with Crippen LogP contribution >= 0.6 is 0 Å². The van der Waals surface area contributed by atoms with Crippen molar-refractivity contribution in [2.45, 2.75) is 52.0 Å². The zero-order chi connectivity index (χ0) is 22.2. The molecule has 2 fully saturated rings. The van der Waals surface area contributed by atoms with Gasteiger partial charge in [-0.15, -0.1) is 0 Å². The van der Waals surface area contributed by atoms with Crippen molar-refractivity contribution in [1.29, 1.82) is 0 Å². The van der Waals surface area contributed by atoms with Gasteiger partial charge < -0.3 is 24.6 Å². The summed E-state index contributed by atoms with van der Waals surface area (Å²) < 4.78 is 11.4. The van der Waals surface area contributed by atoms with Crippen LogP contribution in [0.15, 0.2) is 18.2 Å². The number of piperidine rings is 2. The van der Waals surface area contributed by atoms with Gasteiger partial charge in [-0.3, -0.25) is 14.4 Å². The van der Waals surface area contributed by atoms with Crippen molar-refractivity contribution in [2.24, 2.45) is 0 Å². The van der Waals surface area contributed by atoms with Crippen LogP contribution in [0.4, 0.5) is 0 Å². The third kappa shape index (κ3) is 6.35. The third-order valence-corrected chi connectivity index (χ3v) is 5.74. The number of hydrogen-bond acceptors (Lipinski definition) is 5. The summed E-state index contributed by atoms with van der Waals surface area (Å²) in [6.45, 7) is 6.52. The maximum atomic E-state index is 13.0. The fraction of sp³-hybridized carbons (Fsp3) is 0.609. The summed E-state index contributed by atoms with van der Waals surface area (Å²) in [6.07, 6.45) is 4.72. The van der Waals surface area contributed by atoms with Gasteiger partial charge in [0.25, 0.3) is 11.8 Å². The van der Waals surface area contributed by atoms with Crippen LogP contribution in [0.3, 0.4) is 0 Å². The molecule has 2 saturated heterocycles. The predicted octanol–water partition coefficient (Wildman–Crippen LogP) is 2.22. The Kier molecular flexibility index (Phi) is 8.14. The fourth-order valence-electron chi connectivity index (χ4n) is 4.10. The number of amides is 3. The minimum Gasteiger partial charge on any atom is -0.490 e. The number of carbonyl (C=O) groups excluding carboxylic acids is 3. The van der Waals surface area contributed by atoms with Crippen LogP contribution in [0, 0.1) is 0 Å². The predicted molar refractivity (Wildman–Crippen MR) is 116 cm³/mol. The van der Waals surface area contributed by atoms with Crippen LogP contribution in [-0.2, 0) is 9.59 Å². The first-order valence-electron chi connectivity index (χ1n) is 11.2. The Hall–Kier alpha value is -2.77. The van der Waals surface area contributed by atoms with E-state index in [9.17, 15) is 14.4 Å². The van der Waals surface area contributed by atoms with Crippen molar-refractivity contribution in [3.8, 4) is 11.5 Å². The second kappa shape index (κ2) is 11.0. The van der Waals surface area contributed by atoms with Gasteiger partial charge >= 0.3 is 0 Å². The molecule has 0 unspecified atom stereocenters. The molecule has 3 rings (SSSR count). The number of nitrogens with one attached hydrogen (secondary N) is 1. The van der Waals surface area contributed by atoms with E-state index in [1.807, 2.05) is 11.8 Å². The van der Waals surface area contributed by atoms with Gasteiger partial charge in [0.2, 0.25) is 5.91 Å². The minimum absolute atomic E-state index is 0.0238. The lowest BCUT2D eigenvalue weighted by Gasteiger charge is -2.32. The van der Waals surface area contributed by atoms with Gasteiger partial charge in [0.15, 0.2) is 18.1 Å². The van der Waals surface area contributed by atoms with Gasteiger partial charge in [-0.05, 0) is 57.2 Å². The van der Waals surface area contributed by atoms with Crippen molar-refractivity contribution < 1.29 is 23.9 Å². The smallest absolute Gasteiger partial charge is 0.260 e. The van der Waals surface area contributed by atoms with Gasteiger partial charge in [-0.2, -0.15) is 0 Å². The van der Waals surface area contributed by atoms with E-state index in [2.05, 4.69) is 5.32 Å². The summed E-state index contributed by atoms with van der Waals surface area (Å²) in [5.41, 5.74) is 0.524. The normalized spacial score (nSPS) is 17.2. The molecule has 3 amide bonds. The molecule has 8 heteroatoms. The number of ether oxygens (including phenoxy) is 2. The number of benzene rings is 1. The summed E-state index contributed by atoms with van der Waals surface area (Å²) in [5, 5.41) is 2.92. The van der Waals surface area contributed by atoms with Crippen LogP contribution in [0.2, 0.25) is 0 Å². The molecule has 0 atom stereocenters. The quantitative estimate of drug-likeness (QED) is 0.715. The molecule has 0 spiro atoms. The van der Waals surface area contributed by atoms with E-state index in [1.54, 1.807) is 23.1 Å². The van der Waals surface area contributed by atoms with Crippen molar-refractivity contribution >= 4 is 17.7 Å². The first kappa shape index (κ1) is 22.9. The molecule has 2 aliphatic rings. The minimum atomic E-state index is -0.0711. The van der Waals surface area contributed by atoms with E-state index in [-0.39, 0.29) is 30.4 Å². The highest BCUT2D eigenvalue weighted by atomic mass is 16.5. The maximum Gasteiger partial charge on any atom is 0.260 e. The zero-order valence-electron chi connectivity index (χ0n) is 18.5. The molecule has 0 aliphatic carbocycles. The molecular weight excluding hydrogens is 398 g/mol. The number of hydrogen-bond donors (Lipinski definition) is 1. The number of nitrogens with zero attached hydrogens (tertiary/aromatic N) is 2. The largest absolute Gasteiger partial charge is 0.490 e.